The van der Waals surface area contributed by atoms with Gasteiger partial charge in [-0.3, -0.25) is 9.59 Å². The molecular weight excluding hydrogens is 330 g/mol. The van der Waals surface area contributed by atoms with Gasteiger partial charge in [0.15, 0.2) is 0 Å². The molecule has 0 saturated carbocycles. The molecule has 2 aromatic rings. The molecule has 1 aliphatic heterocycles. The summed E-state index contributed by atoms with van der Waals surface area (Å²) in [5.41, 5.74) is 0.898. The van der Waals surface area contributed by atoms with Gasteiger partial charge >= 0.3 is 5.97 Å². The van der Waals surface area contributed by atoms with Crippen LogP contribution in [0.5, 0.6) is 0 Å². The number of aryl methyl sites for hydroxylation is 1. The zero-order valence-electron chi connectivity index (χ0n) is 13.3. The summed E-state index contributed by atoms with van der Waals surface area (Å²) < 4.78 is 5.19. The highest BCUT2D eigenvalue weighted by atomic mass is 32.1. The van der Waals surface area contributed by atoms with Crippen LogP contribution in [0.25, 0.3) is 11.4 Å². The van der Waals surface area contributed by atoms with Crippen molar-refractivity contribution in [2.75, 3.05) is 6.54 Å². The summed E-state index contributed by atoms with van der Waals surface area (Å²) >= 11 is 1.55. The van der Waals surface area contributed by atoms with E-state index in [1.54, 1.807) is 23.2 Å². The van der Waals surface area contributed by atoms with Crippen molar-refractivity contribution in [1.29, 1.82) is 0 Å². The summed E-state index contributed by atoms with van der Waals surface area (Å²) in [5.74, 6) is -0.447. The van der Waals surface area contributed by atoms with Gasteiger partial charge in [0.2, 0.25) is 17.6 Å². The third kappa shape index (κ3) is 3.48. The molecule has 24 heavy (non-hydrogen) atoms. The van der Waals surface area contributed by atoms with Gasteiger partial charge in [-0.25, -0.2) is 0 Å². The smallest absolute Gasteiger partial charge is 0.308 e. The first-order valence-electron chi connectivity index (χ1n) is 7.93. The van der Waals surface area contributed by atoms with Gasteiger partial charge in [0, 0.05) is 36.4 Å². The van der Waals surface area contributed by atoms with Crippen LogP contribution >= 0.6 is 11.3 Å². The first-order valence-corrected chi connectivity index (χ1v) is 8.88. The van der Waals surface area contributed by atoms with E-state index in [1.807, 2.05) is 16.8 Å². The minimum Gasteiger partial charge on any atom is -0.481 e. The van der Waals surface area contributed by atoms with E-state index in [0.29, 0.717) is 31.1 Å². The Morgan fingerprint density at radius 2 is 2.33 bits per heavy atom. The van der Waals surface area contributed by atoms with Crippen LogP contribution in [-0.4, -0.2) is 44.6 Å². The number of likely N-dealkylation sites (tertiary alicyclic amines) is 1. The van der Waals surface area contributed by atoms with Crippen LogP contribution in [0, 0.1) is 5.92 Å². The topological polar surface area (TPSA) is 96.5 Å². The SMILES string of the molecule is C[C@@H]1[C@H](C(=O)O)CCCN1C(=O)CCc1nc(-c2ccsc2)no1. The van der Waals surface area contributed by atoms with E-state index in [9.17, 15) is 14.7 Å². The molecule has 128 valence electrons. The normalized spacial score (nSPS) is 21.0. The van der Waals surface area contributed by atoms with Crippen LogP contribution in [0.1, 0.15) is 32.1 Å². The van der Waals surface area contributed by atoms with Crippen LogP contribution in [0.15, 0.2) is 21.3 Å². The van der Waals surface area contributed by atoms with E-state index < -0.39 is 11.9 Å². The number of amides is 1. The van der Waals surface area contributed by atoms with Gasteiger partial charge in [0.05, 0.1) is 5.92 Å². The predicted octanol–water partition coefficient (Wildman–Crippen LogP) is 2.44. The standard InChI is InChI=1S/C16H19N3O4S/c1-10-12(16(21)22)3-2-7-19(10)14(20)5-4-13-17-15(18-23-13)11-6-8-24-9-11/h6,8-10,12H,2-5,7H2,1H3,(H,21,22)/t10-,12-/m1/s1. The lowest BCUT2D eigenvalue weighted by Crippen LogP contribution is -2.49. The molecule has 1 aliphatic rings. The second-order valence-corrected chi connectivity index (χ2v) is 6.72. The summed E-state index contributed by atoms with van der Waals surface area (Å²) in [6, 6.07) is 1.62. The van der Waals surface area contributed by atoms with Gasteiger partial charge in [-0.05, 0) is 31.2 Å². The Morgan fingerprint density at radius 1 is 1.50 bits per heavy atom. The number of hydrogen-bond donors (Lipinski definition) is 1. The second-order valence-electron chi connectivity index (χ2n) is 5.94. The van der Waals surface area contributed by atoms with Crippen LogP contribution in [-0.2, 0) is 16.0 Å². The van der Waals surface area contributed by atoms with E-state index >= 15 is 0 Å². The van der Waals surface area contributed by atoms with Gasteiger partial charge in [0.1, 0.15) is 0 Å². The molecule has 0 aromatic carbocycles. The minimum absolute atomic E-state index is 0.0660. The molecule has 3 heterocycles. The quantitative estimate of drug-likeness (QED) is 0.890. The lowest BCUT2D eigenvalue weighted by molar-refractivity contribution is -0.149. The largest absolute Gasteiger partial charge is 0.481 e. The molecule has 1 amide bonds. The molecule has 2 atom stereocenters. The Hall–Kier alpha value is -2.22. The van der Waals surface area contributed by atoms with E-state index in [4.69, 9.17) is 4.52 Å². The van der Waals surface area contributed by atoms with Gasteiger partial charge < -0.3 is 14.5 Å². The average Bonchev–Trinajstić information content (AvgIpc) is 3.23. The fourth-order valence-corrected chi connectivity index (χ4v) is 3.68. The van der Waals surface area contributed by atoms with Crippen LogP contribution in [0.4, 0.5) is 0 Å². The number of piperidine rings is 1. The number of thiophene rings is 1. The summed E-state index contributed by atoms with van der Waals surface area (Å²) in [7, 11) is 0. The summed E-state index contributed by atoms with van der Waals surface area (Å²) in [5, 5.41) is 17.0. The number of rotatable bonds is 5. The molecule has 1 N–H and O–H groups in total. The molecule has 1 saturated heterocycles. The van der Waals surface area contributed by atoms with Crippen LogP contribution < -0.4 is 0 Å². The maximum absolute atomic E-state index is 12.4. The third-order valence-corrected chi connectivity index (χ3v) is 5.11. The molecule has 3 rings (SSSR count). The van der Waals surface area contributed by atoms with E-state index in [1.165, 1.54) is 0 Å². The Kier molecular flexibility index (Phi) is 4.94. The zero-order valence-corrected chi connectivity index (χ0v) is 14.2. The van der Waals surface area contributed by atoms with Gasteiger partial charge in [-0.1, -0.05) is 5.16 Å². The Morgan fingerprint density at radius 3 is 3.04 bits per heavy atom. The molecule has 0 radical (unpaired) electrons. The van der Waals surface area contributed by atoms with Crippen molar-refractivity contribution in [2.45, 2.75) is 38.6 Å². The molecule has 7 nitrogen and oxygen atoms in total. The van der Waals surface area contributed by atoms with Crippen molar-refractivity contribution in [2.24, 2.45) is 5.92 Å². The lowest BCUT2D eigenvalue weighted by Gasteiger charge is -2.37. The summed E-state index contributed by atoms with van der Waals surface area (Å²) in [6.07, 6.45) is 1.93. The maximum atomic E-state index is 12.4. The number of aromatic nitrogens is 2. The number of carboxylic acid groups (broad SMARTS) is 1. The molecule has 8 heteroatoms. The number of carbonyl (C=O) groups is 2. The number of carbonyl (C=O) groups excluding carboxylic acids is 1. The number of nitrogens with zero attached hydrogens (tertiary/aromatic N) is 3. The summed E-state index contributed by atoms with van der Waals surface area (Å²) in [6.45, 7) is 2.41. The third-order valence-electron chi connectivity index (χ3n) is 4.43. The predicted molar refractivity (Wildman–Crippen MR) is 87.5 cm³/mol. The molecule has 0 spiro atoms. The molecule has 0 unspecified atom stereocenters. The van der Waals surface area contributed by atoms with Crippen molar-refractivity contribution in [3.8, 4) is 11.4 Å². The van der Waals surface area contributed by atoms with Crippen molar-refractivity contribution in [3.05, 3.63) is 22.7 Å². The van der Waals surface area contributed by atoms with Gasteiger partial charge in [-0.2, -0.15) is 16.3 Å². The maximum Gasteiger partial charge on any atom is 0.308 e. The highest BCUT2D eigenvalue weighted by molar-refractivity contribution is 7.08. The lowest BCUT2D eigenvalue weighted by atomic mass is 9.90. The van der Waals surface area contributed by atoms with Crippen molar-refractivity contribution >= 4 is 23.2 Å². The molecule has 0 bridgehead atoms. The van der Waals surface area contributed by atoms with Crippen LogP contribution in [0.3, 0.4) is 0 Å². The highest BCUT2D eigenvalue weighted by Gasteiger charge is 2.35. The Labute approximate surface area is 143 Å². The van der Waals surface area contributed by atoms with E-state index in [-0.39, 0.29) is 18.4 Å². The van der Waals surface area contributed by atoms with Gasteiger partial charge in [0.25, 0.3) is 0 Å². The summed E-state index contributed by atoms with van der Waals surface area (Å²) in [4.78, 5) is 29.6. The first-order chi connectivity index (χ1) is 11.6. The number of carboxylic acids is 1. The Bertz CT molecular complexity index is 713. The monoisotopic (exact) mass is 349 g/mol. The number of aliphatic carboxylic acids is 1. The minimum atomic E-state index is -0.836. The zero-order chi connectivity index (χ0) is 17.1. The van der Waals surface area contributed by atoms with Crippen molar-refractivity contribution < 1.29 is 19.2 Å². The molecule has 1 fully saturated rings. The Balaban J connectivity index is 1.58. The second kappa shape index (κ2) is 7.12. The fraction of sp³-hybridized carbons (Fsp3) is 0.500. The van der Waals surface area contributed by atoms with E-state index in [0.717, 1.165) is 12.0 Å². The number of hydrogen-bond acceptors (Lipinski definition) is 6. The average molecular weight is 349 g/mol. The van der Waals surface area contributed by atoms with Gasteiger partial charge in [-0.15, -0.1) is 0 Å². The first kappa shape index (κ1) is 16.6. The molecular formula is C16H19N3O4S. The van der Waals surface area contributed by atoms with Crippen molar-refractivity contribution in [1.82, 2.24) is 15.0 Å². The van der Waals surface area contributed by atoms with E-state index in [2.05, 4.69) is 10.1 Å². The molecule has 0 aliphatic carbocycles. The fourth-order valence-electron chi connectivity index (χ4n) is 3.05. The van der Waals surface area contributed by atoms with Crippen molar-refractivity contribution in [3.63, 3.8) is 0 Å². The highest BCUT2D eigenvalue weighted by Crippen LogP contribution is 2.25. The molecule has 2 aromatic heterocycles. The van der Waals surface area contributed by atoms with Crippen LogP contribution in [0.2, 0.25) is 0 Å².